The van der Waals surface area contributed by atoms with E-state index in [2.05, 4.69) is 9.46 Å². The van der Waals surface area contributed by atoms with Crippen molar-refractivity contribution in [3.05, 3.63) is 29.3 Å². The summed E-state index contributed by atoms with van der Waals surface area (Å²) in [5.74, 6) is 0. The van der Waals surface area contributed by atoms with Crippen LogP contribution in [0.25, 0.3) is 0 Å². The van der Waals surface area contributed by atoms with E-state index in [0.717, 1.165) is 12.3 Å². The number of alkyl halides is 9. The van der Waals surface area contributed by atoms with E-state index in [9.17, 15) is 52.7 Å². The monoisotopic (exact) mass is 600 g/mol. The van der Waals surface area contributed by atoms with Crippen LogP contribution in [0.15, 0.2) is 18.2 Å². The predicted octanol–water partition coefficient (Wildman–Crippen LogP) is 3.58. The fourth-order valence-electron chi connectivity index (χ4n) is 4.49. The fourth-order valence-corrected chi connectivity index (χ4v) is 5.29. The molecule has 2 fully saturated rings. The van der Waals surface area contributed by atoms with Gasteiger partial charge in [-0.3, -0.25) is 4.90 Å². The molecule has 1 amide bonds. The first-order valence-corrected chi connectivity index (χ1v) is 13.4. The van der Waals surface area contributed by atoms with E-state index < -0.39 is 52.4 Å². The number of ether oxygens (including phenoxy) is 1. The number of carbonyl (C=O) groups excluding carboxylic acids is 1. The number of halogens is 9. The van der Waals surface area contributed by atoms with E-state index in [4.69, 9.17) is 0 Å². The van der Waals surface area contributed by atoms with Crippen molar-refractivity contribution in [1.29, 1.82) is 0 Å². The Morgan fingerprint density at radius 1 is 1.00 bits per heavy atom. The largest absolute Gasteiger partial charge is 0.434 e. The SMILES string of the molecule is CS(=O)(=O)N[C@@H]1CCN(c2cccc(C(F)(F)F)c2CN2CCN(C(=O)OC(C(F)(F)F)C(F)(F)F)CC2)C1. The summed E-state index contributed by atoms with van der Waals surface area (Å²) in [6, 6.07) is 3.03. The Balaban J connectivity index is 1.73. The normalized spacial score (nSPS) is 20.1. The third-order valence-corrected chi connectivity index (χ3v) is 6.95. The van der Waals surface area contributed by atoms with Gasteiger partial charge in [0.25, 0.3) is 6.10 Å². The number of rotatable bonds is 6. The van der Waals surface area contributed by atoms with E-state index in [-0.39, 0.29) is 57.1 Å². The smallest absolute Gasteiger partial charge is 0.426 e. The Kier molecular flexibility index (Phi) is 8.91. The Bertz CT molecular complexity index is 1120. The molecule has 39 heavy (non-hydrogen) atoms. The van der Waals surface area contributed by atoms with Crippen molar-refractivity contribution in [2.75, 3.05) is 50.4 Å². The van der Waals surface area contributed by atoms with Crippen molar-refractivity contribution in [2.45, 2.75) is 43.6 Å². The average Bonchev–Trinajstić information content (AvgIpc) is 3.22. The number of amides is 1. The van der Waals surface area contributed by atoms with Crippen LogP contribution in [-0.2, 0) is 27.5 Å². The summed E-state index contributed by atoms with van der Waals surface area (Å²) in [6.45, 7) is -0.976. The molecule has 0 aromatic heterocycles. The zero-order valence-electron chi connectivity index (χ0n) is 20.3. The molecule has 0 bridgehead atoms. The van der Waals surface area contributed by atoms with Gasteiger partial charge in [-0.1, -0.05) is 6.07 Å². The average molecular weight is 601 g/mol. The molecule has 1 N–H and O–H groups in total. The van der Waals surface area contributed by atoms with Crippen molar-refractivity contribution in [3.63, 3.8) is 0 Å². The maximum absolute atomic E-state index is 13.9. The minimum atomic E-state index is -5.88. The third kappa shape index (κ3) is 8.26. The highest BCUT2D eigenvalue weighted by atomic mass is 32.2. The lowest BCUT2D eigenvalue weighted by Crippen LogP contribution is -2.52. The molecule has 0 unspecified atom stereocenters. The maximum atomic E-state index is 13.9. The molecule has 2 aliphatic heterocycles. The van der Waals surface area contributed by atoms with Crippen LogP contribution >= 0.6 is 0 Å². The molecule has 3 rings (SSSR count). The summed E-state index contributed by atoms with van der Waals surface area (Å²) in [4.78, 5) is 15.7. The maximum Gasteiger partial charge on any atom is 0.434 e. The molecule has 0 spiro atoms. The van der Waals surface area contributed by atoms with Crippen LogP contribution in [0.4, 0.5) is 50.0 Å². The molecule has 0 radical (unpaired) electrons. The van der Waals surface area contributed by atoms with Gasteiger partial charge in [0, 0.05) is 63.1 Å². The summed E-state index contributed by atoms with van der Waals surface area (Å²) in [5, 5.41) is 0. The van der Waals surface area contributed by atoms with E-state index in [0.29, 0.717) is 11.3 Å². The number of sulfonamides is 1. The number of nitrogens with one attached hydrogen (secondary N) is 1. The van der Waals surface area contributed by atoms with Crippen molar-refractivity contribution in [3.8, 4) is 0 Å². The van der Waals surface area contributed by atoms with E-state index in [1.54, 1.807) is 4.90 Å². The van der Waals surface area contributed by atoms with Gasteiger partial charge >= 0.3 is 24.6 Å². The lowest BCUT2D eigenvalue weighted by Gasteiger charge is -2.36. The van der Waals surface area contributed by atoms with Gasteiger partial charge in [-0.15, -0.1) is 0 Å². The quantitative estimate of drug-likeness (QED) is 0.503. The first kappa shape index (κ1) is 31.1. The van der Waals surface area contributed by atoms with Gasteiger partial charge in [-0.25, -0.2) is 17.9 Å². The Labute approximate surface area is 217 Å². The van der Waals surface area contributed by atoms with Gasteiger partial charge in [0.2, 0.25) is 10.0 Å². The predicted molar refractivity (Wildman–Crippen MR) is 119 cm³/mol. The van der Waals surface area contributed by atoms with Crippen LogP contribution in [0.3, 0.4) is 0 Å². The number of benzene rings is 1. The van der Waals surface area contributed by atoms with Gasteiger partial charge in [-0.05, 0) is 18.6 Å². The second-order valence-corrected chi connectivity index (χ2v) is 11.0. The highest BCUT2D eigenvalue weighted by Crippen LogP contribution is 2.39. The van der Waals surface area contributed by atoms with Gasteiger partial charge in [0.05, 0.1) is 11.8 Å². The molecule has 0 saturated carbocycles. The lowest BCUT2D eigenvalue weighted by atomic mass is 10.0. The van der Waals surface area contributed by atoms with E-state index in [1.807, 2.05) is 0 Å². The molecule has 1 atom stereocenters. The molecule has 8 nitrogen and oxygen atoms in total. The van der Waals surface area contributed by atoms with Gasteiger partial charge in [0.1, 0.15) is 0 Å². The van der Waals surface area contributed by atoms with Crippen LogP contribution in [0.5, 0.6) is 0 Å². The highest BCUT2D eigenvalue weighted by molar-refractivity contribution is 7.88. The first-order chi connectivity index (χ1) is 17.8. The summed E-state index contributed by atoms with van der Waals surface area (Å²) in [6.07, 6.45) is -21.3. The zero-order valence-corrected chi connectivity index (χ0v) is 21.1. The molecule has 2 aliphatic rings. The van der Waals surface area contributed by atoms with E-state index >= 15 is 0 Å². The van der Waals surface area contributed by atoms with Crippen molar-refractivity contribution in [1.82, 2.24) is 14.5 Å². The topological polar surface area (TPSA) is 82.2 Å². The number of hydrogen-bond acceptors (Lipinski definition) is 6. The molecule has 222 valence electrons. The van der Waals surface area contributed by atoms with Gasteiger partial charge < -0.3 is 14.5 Å². The number of carbonyl (C=O) groups is 1. The molecule has 1 aromatic rings. The Morgan fingerprint density at radius 2 is 1.59 bits per heavy atom. The fraction of sp³-hybridized carbons (Fsp3) is 0.667. The molecular formula is C21H25F9N4O4S. The zero-order chi connectivity index (χ0) is 29.4. The number of nitrogens with zero attached hydrogens (tertiary/aromatic N) is 3. The minimum Gasteiger partial charge on any atom is -0.426 e. The van der Waals surface area contributed by atoms with Crippen LogP contribution < -0.4 is 9.62 Å². The first-order valence-electron chi connectivity index (χ1n) is 11.5. The van der Waals surface area contributed by atoms with Crippen LogP contribution in [0.2, 0.25) is 0 Å². The second-order valence-electron chi connectivity index (χ2n) is 9.23. The van der Waals surface area contributed by atoms with Crippen molar-refractivity contribution in [2.24, 2.45) is 0 Å². The Hall–Kier alpha value is -2.47. The summed E-state index contributed by atoms with van der Waals surface area (Å²) in [7, 11) is -3.55. The minimum absolute atomic E-state index is 0.112. The number of anilines is 1. The summed E-state index contributed by atoms with van der Waals surface area (Å²) < 4.78 is 147. The van der Waals surface area contributed by atoms with E-state index in [1.165, 1.54) is 17.0 Å². The number of piperazine rings is 1. The summed E-state index contributed by atoms with van der Waals surface area (Å²) >= 11 is 0. The van der Waals surface area contributed by atoms with Crippen LogP contribution in [0.1, 0.15) is 17.5 Å². The molecule has 1 aromatic carbocycles. The molecule has 2 saturated heterocycles. The third-order valence-electron chi connectivity index (χ3n) is 6.19. The highest BCUT2D eigenvalue weighted by Gasteiger charge is 2.60. The molecule has 2 heterocycles. The standard InChI is InChI=1S/C21H25F9N4O4S/c1-39(36,37)31-13-5-6-34(11-13)16-4-2-3-15(19(22,23)24)14(16)12-32-7-9-33(10-8-32)18(35)38-17(20(25,26)27)21(28,29)30/h2-4,13,17,31H,5-12H2,1H3/t13-/m1/s1. The molecular weight excluding hydrogens is 575 g/mol. The summed E-state index contributed by atoms with van der Waals surface area (Å²) in [5.41, 5.74) is -0.863. The van der Waals surface area contributed by atoms with Crippen LogP contribution in [-0.4, -0.2) is 94.3 Å². The molecule has 0 aliphatic carbocycles. The van der Waals surface area contributed by atoms with Crippen LogP contribution in [0, 0.1) is 0 Å². The van der Waals surface area contributed by atoms with Crippen molar-refractivity contribution >= 4 is 21.8 Å². The number of hydrogen-bond donors (Lipinski definition) is 1. The second kappa shape index (κ2) is 11.2. The Morgan fingerprint density at radius 3 is 2.10 bits per heavy atom. The van der Waals surface area contributed by atoms with Gasteiger partial charge in [0.15, 0.2) is 0 Å². The molecule has 18 heteroatoms. The van der Waals surface area contributed by atoms with Gasteiger partial charge in [-0.2, -0.15) is 39.5 Å². The lowest BCUT2D eigenvalue weighted by molar-refractivity contribution is -0.308. The van der Waals surface area contributed by atoms with Crippen molar-refractivity contribution < 1.29 is 57.5 Å².